The molecule has 1 aliphatic heterocycles. The first-order valence-corrected chi connectivity index (χ1v) is 7.56. The Kier molecular flexibility index (Phi) is 5.32. The van der Waals surface area contributed by atoms with Crippen molar-refractivity contribution in [3.8, 4) is 0 Å². The highest BCUT2D eigenvalue weighted by Crippen LogP contribution is 2.17. The van der Waals surface area contributed by atoms with E-state index in [-0.39, 0.29) is 11.7 Å². The van der Waals surface area contributed by atoms with Crippen LogP contribution in [0.4, 0.5) is 0 Å². The summed E-state index contributed by atoms with van der Waals surface area (Å²) < 4.78 is 0. The number of hydrogen-bond donors (Lipinski definition) is 0. The highest BCUT2D eigenvalue weighted by molar-refractivity contribution is 5.97. The van der Waals surface area contributed by atoms with Crippen molar-refractivity contribution in [1.29, 1.82) is 0 Å². The molecule has 0 amide bonds. The molecule has 2 rings (SSSR count). The van der Waals surface area contributed by atoms with Gasteiger partial charge in [0.15, 0.2) is 5.78 Å². The van der Waals surface area contributed by atoms with Crippen molar-refractivity contribution < 1.29 is 4.79 Å². The fourth-order valence-corrected chi connectivity index (χ4v) is 2.98. The molecule has 1 aliphatic rings. The summed E-state index contributed by atoms with van der Waals surface area (Å²) >= 11 is 0. The maximum absolute atomic E-state index is 12.4. The van der Waals surface area contributed by atoms with Crippen LogP contribution in [0.2, 0.25) is 0 Å². The van der Waals surface area contributed by atoms with E-state index in [2.05, 4.69) is 23.9 Å². The number of hydrogen-bond acceptors (Lipinski definition) is 3. The molecule has 0 spiro atoms. The van der Waals surface area contributed by atoms with Crippen LogP contribution in [0.25, 0.3) is 0 Å². The van der Waals surface area contributed by atoms with Gasteiger partial charge in [-0.15, -0.1) is 0 Å². The molecule has 0 bridgehead atoms. The van der Waals surface area contributed by atoms with Crippen LogP contribution in [0.3, 0.4) is 0 Å². The van der Waals surface area contributed by atoms with E-state index < -0.39 is 0 Å². The summed E-state index contributed by atoms with van der Waals surface area (Å²) in [6, 6.07) is 10.3. The minimum atomic E-state index is 0.0771. The molecule has 0 saturated carbocycles. The van der Waals surface area contributed by atoms with Crippen LogP contribution >= 0.6 is 0 Å². The third-order valence-corrected chi connectivity index (χ3v) is 4.33. The third-order valence-electron chi connectivity index (χ3n) is 4.33. The van der Waals surface area contributed by atoms with Gasteiger partial charge in [0, 0.05) is 24.1 Å². The van der Waals surface area contributed by atoms with Gasteiger partial charge < -0.3 is 9.80 Å². The van der Waals surface area contributed by atoms with E-state index in [9.17, 15) is 4.79 Å². The highest BCUT2D eigenvalue weighted by Gasteiger charge is 2.24. The van der Waals surface area contributed by atoms with Gasteiger partial charge >= 0.3 is 0 Å². The average molecular weight is 274 g/mol. The number of benzene rings is 1. The molecule has 0 N–H and O–H groups in total. The van der Waals surface area contributed by atoms with Crippen LogP contribution in [0.5, 0.6) is 0 Å². The van der Waals surface area contributed by atoms with E-state index in [1.54, 1.807) is 0 Å². The summed E-state index contributed by atoms with van der Waals surface area (Å²) in [7, 11) is 4.31. The average Bonchev–Trinajstić information content (AvgIpc) is 2.48. The van der Waals surface area contributed by atoms with Crippen molar-refractivity contribution in [2.75, 3.05) is 33.7 Å². The summed E-state index contributed by atoms with van der Waals surface area (Å²) in [5.74, 6) is 0.341. The molecule has 0 radical (unpaired) electrons. The maximum atomic E-state index is 12.4. The normalized spacial score (nSPS) is 19.2. The zero-order valence-electron chi connectivity index (χ0n) is 12.9. The quantitative estimate of drug-likeness (QED) is 0.771. The second-order valence-corrected chi connectivity index (χ2v) is 6.13. The van der Waals surface area contributed by atoms with Crippen LogP contribution in [0.15, 0.2) is 30.3 Å². The van der Waals surface area contributed by atoms with Crippen molar-refractivity contribution in [1.82, 2.24) is 9.80 Å². The van der Waals surface area contributed by atoms with Gasteiger partial charge in [-0.3, -0.25) is 4.79 Å². The Morgan fingerprint density at radius 1 is 1.25 bits per heavy atom. The Bertz CT molecular complexity index is 422. The first-order chi connectivity index (χ1) is 9.58. The van der Waals surface area contributed by atoms with Gasteiger partial charge in [0.2, 0.25) is 0 Å². The molecular formula is C17H26N2O. The Morgan fingerprint density at radius 3 is 2.40 bits per heavy atom. The number of carbonyl (C=O) groups is 1. The van der Waals surface area contributed by atoms with Gasteiger partial charge in [-0.05, 0) is 40.0 Å². The van der Waals surface area contributed by atoms with Crippen molar-refractivity contribution >= 4 is 5.78 Å². The molecule has 1 unspecified atom stereocenters. The molecule has 1 atom stereocenters. The minimum Gasteiger partial charge on any atom is -0.306 e. The molecule has 3 nitrogen and oxygen atoms in total. The van der Waals surface area contributed by atoms with Crippen LogP contribution in [0, 0.1) is 5.92 Å². The lowest BCUT2D eigenvalue weighted by atomic mass is 9.97. The number of ketones is 1. The van der Waals surface area contributed by atoms with E-state index in [0.29, 0.717) is 6.04 Å². The summed E-state index contributed by atoms with van der Waals surface area (Å²) in [6.45, 7) is 5.14. The van der Waals surface area contributed by atoms with E-state index in [0.717, 1.165) is 25.2 Å². The van der Waals surface area contributed by atoms with E-state index in [1.165, 1.54) is 12.8 Å². The van der Waals surface area contributed by atoms with Gasteiger partial charge in [-0.2, -0.15) is 0 Å². The van der Waals surface area contributed by atoms with Crippen LogP contribution < -0.4 is 0 Å². The van der Waals surface area contributed by atoms with E-state index >= 15 is 0 Å². The molecule has 0 aliphatic carbocycles. The molecular weight excluding hydrogens is 248 g/mol. The number of carbonyl (C=O) groups excluding carboxylic acids is 1. The topological polar surface area (TPSA) is 23.6 Å². The zero-order valence-corrected chi connectivity index (χ0v) is 12.9. The lowest BCUT2D eigenvalue weighted by Gasteiger charge is -2.36. The Balaban J connectivity index is 1.84. The molecule has 1 aromatic carbocycles. The van der Waals surface area contributed by atoms with Crippen molar-refractivity contribution in [3.63, 3.8) is 0 Å². The van der Waals surface area contributed by atoms with Crippen molar-refractivity contribution in [3.05, 3.63) is 35.9 Å². The fourth-order valence-electron chi connectivity index (χ4n) is 2.98. The first kappa shape index (κ1) is 15.2. The highest BCUT2D eigenvalue weighted by atomic mass is 16.1. The summed E-state index contributed by atoms with van der Waals surface area (Å²) in [4.78, 5) is 17.1. The van der Waals surface area contributed by atoms with Gasteiger partial charge in [0.1, 0.15) is 0 Å². The van der Waals surface area contributed by atoms with Gasteiger partial charge in [-0.25, -0.2) is 0 Å². The predicted molar refractivity (Wildman–Crippen MR) is 83.1 cm³/mol. The SMILES string of the molecule is CC(CN1CCC(N(C)C)CC1)C(=O)c1ccccc1. The smallest absolute Gasteiger partial charge is 0.166 e. The summed E-state index contributed by atoms with van der Waals surface area (Å²) in [5, 5.41) is 0. The number of nitrogens with zero attached hydrogens (tertiary/aromatic N) is 2. The predicted octanol–water partition coefficient (Wildman–Crippen LogP) is 2.53. The second-order valence-electron chi connectivity index (χ2n) is 6.13. The molecule has 110 valence electrons. The van der Waals surface area contributed by atoms with Crippen molar-refractivity contribution in [2.24, 2.45) is 5.92 Å². The van der Waals surface area contributed by atoms with E-state index in [4.69, 9.17) is 0 Å². The number of likely N-dealkylation sites (tertiary alicyclic amines) is 1. The van der Waals surface area contributed by atoms with Crippen LogP contribution in [-0.2, 0) is 0 Å². The van der Waals surface area contributed by atoms with Gasteiger partial charge in [0.05, 0.1) is 0 Å². The van der Waals surface area contributed by atoms with Crippen molar-refractivity contribution in [2.45, 2.75) is 25.8 Å². The Hall–Kier alpha value is -1.19. The Morgan fingerprint density at radius 2 is 1.85 bits per heavy atom. The molecule has 3 heteroatoms. The molecule has 0 aromatic heterocycles. The molecule has 1 saturated heterocycles. The monoisotopic (exact) mass is 274 g/mol. The fraction of sp³-hybridized carbons (Fsp3) is 0.588. The third kappa shape index (κ3) is 3.90. The lowest BCUT2D eigenvalue weighted by molar-refractivity contribution is 0.0852. The number of piperidine rings is 1. The Labute approximate surface area is 122 Å². The first-order valence-electron chi connectivity index (χ1n) is 7.56. The summed E-state index contributed by atoms with van der Waals surface area (Å²) in [5.41, 5.74) is 0.836. The van der Waals surface area contributed by atoms with Crippen LogP contribution in [0.1, 0.15) is 30.1 Å². The minimum absolute atomic E-state index is 0.0771. The number of rotatable bonds is 5. The largest absolute Gasteiger partial charge is 0.306 e. The molecule has 1 heterocycles. The number of Topliss-reactive ketones (excluding diaryl/α,β-unsaturated/α-hetero) is 1. The van der Waals surface area contributed by atoms with E-state index in [1.807, 2.05) is 37.3 Å². The standard InChI is InChI=1S/C17H26N2O/c1-14(17(20)15-7-5-4-6-8-15)13-19-11-9-16(10-12-19)18(2)3/h4-8,14,16H,9-13H2,1-3H3. The van der Waals surface area contributed by atoms with Gasteiger partial charge in [-0.1, -0.05) is 37.3 Å². The molecule has 20 heavy (non-hydrogen) atoms. The van der Waals surface area contributed by atoms with Crippen LogP contribution in [-0.4, -0.2) is 55.4 Å². The second kappa shape index (κ2) is 7.00. The van der Waals surface area contributed by atoms with Gasteiger partial charge in [0.25, 0.3) is 0 Å². The zero-order chi connectivity index (χ0) is 14.5. The maximum Gasteiger partial charge on any atom is 0.166 e. The molecule has 1 fully saturated rings. The molecule has 1 aromatic rings. The summed E-state index contributed by atoms with van der Waals surface area (Å²) in [6.07, 6.45) is 2.42. The lowest BCUT2D eigenvalue weighted by Crippen LogP contribution is -2.44.